The van der Waals surface area contributed by atoms with E-state index in [4.69, 9.17) is 5.73 Å². The molecule has 2 nitrogen and oxygen atoms in total. The summed E-state index contributed by atoms with van der Waals surface area (Å²) in [6.07, 6.45) is 4.01. The molecule has 80 valence electrons. The van der Waals surface area contributed by atoms with Crippen molar-refractivity contribution >= 4 is 5.91 Å². The second-order valence-corrected chi connectivity index (χ2v) is 4.46. The maximum atomic E-state index is 10.8. The van der Waals surface area contributed by atoms with Crippen LogP contribution in [0.1, 0.15) is 37.2 Å². The molecule has 2 N–H and O–H groups in total. The van der Waals surface area contributed by atoms with Gasteiger partial charge in [0.05, 0.1) is 0 Å². The van der Waals surface area contributed by atoms with Crippen molar-refractivity contribution in [3.8, 4) is 0 Å². The van der Waals surface area contributed by atoms with Gasteiger partial charge in [0, 0.05) is 6.42 Å². The molecule has 0 aliphatic heterocycles. The monoisotopic (exact) mass is 203 g/mol. The van der Waals surface area contributed by atoms with Crippen LogP contribution < -0.4 is 5.73 Å². The number of hydrogen-bond donors (Lipinski definition) is 1. The third-order valence-electron chi connectivity index (χ3n) is 3.30. The lowest BCUT2D eigenvalue weighted by Crippen LogP contribution is -2.14. The summed E-state index contributed by atoms with van der Waals surface area (Å²) in [6.45, 7) is 0. The lowest BCUT2D eigenvalue weighted by molar-refractivity contribution is -0.118. The fourth-order valence-electron chi connectivity index (χ4n) is 2.57. The molecule has 1 saturated carbocycles. The van der Waals surface area contributed by atoms with Crippen LogP contribution in [-0.2, 0) is 4.79 Å². The molecule has 2 heteroatoms. The van der Waals surface area contributed by atoms with Crippen molar-refractivity contribution in [3.63, 3.8) is 0 Å². The molecule has 0 radical (unpaired) electrons. The van der Waals surface area contributed by atoms with Gasteiger partial charge in [0.15, 0.2) is 0 Å². The summed E-state index contributed by atoms with van der Waals surface area (Å²) in [4.78, 5) is 10.8. The van der Waals surface area contributed by atoms with Crippen LogP contribution in [0.4, 0.5) is 0 Å². The molecule has 2 rings (SSSR count). The van der Waals surface area contributed by atoms with Gasteiger partial charge in [-0.3, -0.25) is 4.79 Å². The Kier molecular flexibility index (Phi) is 3.05. The first-order valence-electron chi connectivity index (χ1n) is 5.59. The molecule has 0 aromatic heterocycles. The van der Waals surface area contributed by atoms with Gasteiger partial charge in [-0.25, -0.2) is 0 Å². The molecule has 1 fully saturated rings. The highest BCUT2D eigenvalue weighted by Gasteiger charge is 2.26. The van der Waals surface area contributed by atoms with E-state index in [0.29, 0.717) is 18.3 Å². The Hall–Kier alpha value is -1.31. The minimum atomic E-state index is -0.159. The zero-order chi connectivity index (χ0) is 10.7. The summed E-state index contributed by atoms with van der Waals surface area (Å²) in [5.41, 5.74) is 6.62. The quantitative estimate of drug-likeness (QED) is 0.805. The van der Waals surface area contributed by atoms with Crippen molar-refractivity contribution in [1.29, 1.82) is 0 Å². The van der Waals surface area contributed by atoms with E-state index in [2.05, 4.69) is 24.3 Å². The summed E-state index contributed by atoms with van der Waals surface area (Å²) >= 11 is 0. The fourth-order valence-corrected chi connectivity index (χ4v) is 2.57. The second kappa shape index (κ2) is 4.47. The average molecular weight is 203 g/mol. The SMILES string of the molecule is NC(=O)C[C@@H]1CC[C@@H](c2ccccc2)C1. The van der Waals surface area contributed by atoms with Crippen LogP contribution in [0.25, 0.3) is 0 Å². The van der Waals surface area contributed by atoms with Crippen LogP contribution in [0, 0.1) is 5.92 Å². The van der Waals surface area contributed by atoms with Gasteiger partial charge in [0.1, 0.15) is 0 Å². The van der Waals surface area contributed by atoms with Gasteiger partial charge < -0.3 is 5.73 Å². The largest absolute Gasteiger partial charge is 0.370 e. The summed E-state index contributed by atoms with van der Waals surface area (Å²) in [7, 11) is 0. The molecule has 0 unspecified atom stereocenters. The molecular weight excluding hydrogens is 186 g/mol. The smallest absolute Gasteiger partial charge is 0.217 e. The Morgan fingerprint density at radius 3 is 2.67 bits per heavy atom. The molecule has 1 aliphatic rings. The third-order valence-corrected chi connectivity index (χ3v) is 3.30. The Labute approximate surface area is 90.5 Å². The number of carbonyl (C=O) groups excluding carboxylic acids is 1. The van der Waals surface area contributed by atoms with Crippen LogP contribution in [0.3, 0.4) is 0 Å². The number of primary amides is 1. The van der Waals surface area contributed by atoms with E-state index in [1.807, 2.05) is 6.07 Å². The first-order chi connectivity index (χ1) is 7.25. The molecule has 0 spiro atoms. The summed E-state index contributed by atoms with van der Waals surface area (Å²) in [6, 6.07) is 10.6. The number of nitrogens with two attached hydrogens (primary N) is 1. The molecule has 0 heterocycles. The van der Waals surface area contributed by atoms with Gasteiger partial charge in [-0.05, 0) is 36.7 Å². The number of rotatable bonds is 3. The normalized spacial score (nSPS) is 25.3. The minimum absolute atomic E-state index is 0.159. The van der Waals surface area contributed by atoms with Gasteiger partial charge in [-0.2, -0.15) is 0 Å². The second-order valence-electron chi connectivity index (χ2n) is 4.46. The van der Waals surface area contributed by atoms with E-state index in [1.54, 1.807) is 0 Å². The molecule has 1 aromatic carbocycles. The molecular formula is C13H17NO. The van der Waals surface area contributed by atoms with Crippen molar-refractivity contribution in [2.45, 2.75) is 31.6 Å². The van der Waals surface area contributed by atoms with Crippen molar-refractivity contribution < 1.29 is 4.79 Å². The van der Waals surface area contributed by atoms with Crippen LogP contribution >= 0.6 is 0 Å². The van der Waals surface area contributed by atoms with Crippen molar-refractivity contribution in [3.05, 3.63) is 35.9 Å². The third kappa shape index (κ3) is 2.58. The summed E-state index contributed by atoms with van der Waals surface area (Å²) in [5, 5.41) is 0. The van der Waals surface area contributed by atoms with Crippen LogP contribution in [0.2, 0.25) is 0 Å². The first kappa shape index (κ1) is 10.2. The average Bonchev–Trinajstić information content (AvgIpc) is 2.67. The van der Waals surface area contributed by atoms with E-state index in [0.717, 1.165) is 12.8 Å². The number of amides is 1. The number of hydrogen-bond acceptors (Lipinski definition) is 1. The molecule has 1 aliphatic carbocycles. The summed E-state index contributed by atoms with van der Waals surface area (Å²) in [5.74, 6) is 0.983. The lowest BCUT2D eigenvalue weighted by Gasteiger charge is -2.10. The predicted molar refractivity (Wildman–Crippen MR) is 60.3 cm³/mol. The fraction of sp³-hybridized carbons (Fsp3) is 0.462. The topological polar surface area (TPSA) is 43.1 Å². The van der Waals surface area contributed by atoms with Gasteiger partial charge in [-0.1, -0.05) is 30.3 Å². The lowest BCUT2D eigenvalue weighted by atomic mass is 9.95. The Balaban J connectivity index is 1.96. The maximum absolute atomic E-state index is 10.8. The molecule has 1 aromatic rings. The zero-order valence-corrected chi connectivity index (χ0v) is 8.86. The van der Waals surface area contributed by atoms with Gasteiger partial charge in [0.25, 0.3) is 0 Å². The van der Waals surface area contributed by atoms with Gasteiger partial charge in [-0.15, -0.1) is 0 Å². The Bertz CT molecular complexity index is 334. The maximum Gasteiger partial charge on any atom is 0.217 e. The van der Waals surface area contributed by atoms with E-state index in [9.17, 15) is 4.79 Å². The zero-order valence-electron chi connectivity index (χ0n) is 8.86. The standard InChI is InChI=1S/C13H17NO/c14-13(15)9-10-6-7-12(8-10)11-4-2-1-3-5-11/h1-5,10,12H,6-9H2,(H2,14,15)/t10-,12-/m1/s1. The first-order valence-corrected chi connectivity index (χ1v) is 5.59. The number of carbonyl (C=O) groups is 1. The molecule has 2 atom stereocenters. The number of benzene rings is 1. The van der Waals surface area contributed by atoms with Crippen LogP contribution in [0.15, 0.2) is 30.3 Å². The van der Waals surface area contributed by atoms with Gasteiger partial charge >= 0.3 is 0 Å². The van der Waals surface area contributed by atoms with E-state index in [-0.39, 0.29) is 5.91 Å². The highest BCUT2D eigenvalue weighted by atomic mass is 16.1. The predicted octanol–water partition coefficient (Wildman–Crippen LogP) is 2.45. The van der Waals surface area contributed by atoms with E-state index >= 15 is 0 Å². The van der Waals surface area contributed by atoms with Crippen LogP contribution in [0.5, 0.6) is 0 Å². The Morgan fingerprint density at radius 2 is 2.00 bits per heavy atom. The van der Waals surface area contributed by atoms with Crippen molar-refractivity contribution in [2.75, 3.05) is 0 Å². The molecule has 1 amide bonds. The Morgan fingerprint density at radius 1 is 1.27 bits per heavy atom. The van der Waals surface area contributed by atoms with Crippen molar-refractivity contribution in [1.82, 2.24) is 0 Å². The molecule has 0 bridgehead atoms. The minimum Gasteiger partial charge on any atom is -0.370 e. The summed E-state index contributed by atoms with van der Waals surface area (Å²) < 4.78 is 0. The van der Waals surface area contributed by atoms with E-state index in [1.165, 1.54) is 12.0 Å². The molecule has 15 heavy (non-hydrogen) atoms. The molecule has 0 saturated heterocycles. The highest BCUT2D eigenvalue weighted by Crippen LogP contribution is 2.39. The van der Waals surface area contributed by atoms with Crippen molar-refractivity contribution in [2.24, 2.45) is 11.7 Å². The van der Waals surface area contributed by atoms with E-state index < -0.39 is 0 Å². The van der Waals surface area contributed by atoms with Crippen LogP contribution in [-0.4, -0.2) is 5.91 Å². The highest BCUT2D eigenvalue weighted by molar-refractivity contribution is 5.74. The van der Waals surface area contributed by atoms with Gasteiger partial charge in [0.2, 0.25) is 5.91 Å².